The Kier molecular flexibility index (Phi) is 3.25. The molecule has 1 atom stereocenters. The zero-order chi connectivity index (χ0) is 11.5. The summed E-state index contributed by atoms with van der Waals surface area (Å²) in [5.74, 6) is 0.197. The molecule has 0 aromatic heterocycles. The monoisotopic (exact) mass is 218 g/mol. The molecule has 0 bridgehead atoms. The van der Waals surface area contributed by atoms with Gasteiger partial charge >= 0.3 is 0 Å². The summed E-state index contributed by atoms with van der Waals surface area (Å²) in [6.45, 7) is 4.10. The zero-order valence-corrected chi connectivity index (χ0v) is 9.81. The fourth-order valence-corrected chi connectivity index (χ4v) is 2.11. The third-order valence-electron chi connectivity index (χ3n) is 2.79. The molecule has 1 aliphatic rings. The first-order valence-electron chi connectivity index (χ1n) is 5.81. The predicted octanol–water partition coefficient (Wildman–Crippen LogP) is 2.26. The number of benzene rings is 1. The van der Waals surface area contributed by atoms with Gasteiger partial charge in [0.2, 0.25) is 5.91 Å². The van der Waals surface area contributed by atoms with Gasteiger partial charge in [0.25, 0.3) is 0 Å². The molecule has 1 aromatic carbocycles. The molecule has 1 aliphatic heterocycles. The average Bonchev–Trinajstić information content (AvgIpc) is 2.61. The highest BCUT2D eigenvalue weighted by Gasteiger charge is 2.32. The first-order valence-corrected chi connectivity index (χ1v) is 5.81. The lowest BCUT2D eigenvalue weighted by Crippen LogP contribution is -2.44. The SMILES string of the molecule is CC(C)NN1C(=O)CCC1c1ccccc1. The quantitative estimate of drug-likeness (QED) is 0.844. The molecule has 1 aromatic rings. The number of carbonyl (C=O) groups excluding carboxylic acids is 1. The van der Waals surface area contributed by atoms with Gasteiger partial charge in [0.1, 0.15) is 0 Å². The van der Waals surface area contributed by atoms with Gasteiger partial charge in [-0.25, -0.2) is 5.43 Å². The number of amides is 1. The highest BCUT2D eigenvalue weighted by atomic mass is 16.2. The molecule has 0 aliphatic carbocycles. The number of rotatable bonds is 3. The van der Waals surface area contributed by atoms with Crippen molar-refractivity contribution in [2.45, 2.75) is 38.8 Å². The lowest BCUT2D eigenvalue weighted by atomic mass is 10.1. The van der Waals surface area contributed by atoms with Crippen LogP contribution in [-0.4, -0.2) is 17.0 Å². The van der Waals surface area contributed by atoms with Crippen molar-refractivity contribution in [1.82, 2.24) is 10.4 Å². The van der Waals surface area contributed by atoms with Crippen LogP contribution in [0.4, 0.5) is 0 Å². The fourth-order valence-electron chi connectivity index (χ4n) is 2.11. The van der Waals surface area contributed by atoms with Crippen molar-refractivity contribution in [3.8, 4) is 0 Å². The first kappa shape index (κ1) is 11.1. The van der Waals surface area contributed by atoms with E-state index in [0.717, 1.165) is 6.42 Å². The van der Waals surface area contributed by atoms with E-state index in [1.165, 1.54) is 5.56 Å². The summed E-state index contributed by atoms with van der Waals surface area (Å²) >= 11 is 0. The largest absolute Gasteiger partial charge is 0.273 e. The van der Waals surface area contributed by atoms with Crippen LogP contribution in [0.15, 0.2) is 30.3 Å². The highest BCUT2D eigenvalue weighted by Crippen LogP contribution is 2.30. The van der Waals surface area contributed by atoms with Gasteiger partial charge < -0.3 is 0 Å². The van der Waals surface area contributed by atoms with Crippen LogP contribution in [0.25, 0.3) is 0 Å². The molecule has 1 N–H and O–H groups in total. The minimum Gasteiger partial charge on any atom is -0.273 e. The van der Waals surface area contributed by atoms with Crippen LogP contribution in [0.1, 0.15) is 38.3 Å². The normalized spacial score (nSPS) is 20.8. The van der Waals surface area contributed by atoms with E-state index >= 15 is 0 Å². The molecule has 3 nitrogen and oxygen atoms in total. The van der Waals surface area contributed by atoms with E-state index in [-0.39, 0.29) is 18.0 Å². The van der Waals surface area contributed by atoms with Crippen LogP contribution in [0, 0.1) is 0 Å². The lowest BCUT2D eigenvalue weighted by molar-refractivity contribution is -0.132. The topological polar surface area (TPSA) is 32.3 Å². The molecular formula is C13H18N2O. The summed E-state index contributed by atoms with van der Waals surface area (Å²) in [6, 6.07) is 10.7. The third-order valence-corrected chi connectivity index (χ3v) is 2.79. The molecule has 1 heterocycles. The van der Waals surface area contributed by atoms with Crippen molar-refractivity contribution in [2.75, 3.05) is 0 Å². The van der Waals surface area contributed by atoms with Gasteiger partial charge in [0.15, 0.2) is 0 Å². The maximum absolute atomic E-state index is 11.8. The Hall–Kier alpha value is -1.35. The molecule has 0 radical (unpaired) electrons. The minimum absolute atomic E-state index is 0.191. The lowest BCUT2D eigenvalue weighted by Gasteiger charge is -2.27. The Bertz CT molecular complexity index is 361. The van der Waals surface area contributed by atoms with Gasteiger partial charge in [-0.2, -0.15) is 0 Å². The maximum Gasteiger partial charge on any atom is 0.237 e. The van der Waals surface area contributed by atoms with Crippen molar-refractivity contribution in [1.29, 1.82) is 0 Å². The van der Waals surface area contributed by atoms with E-state index in [0.29, 0.717) is 6.42 Å². The number of hydrogen-bond acceptors (Lipinski definition) is 2. The van der Waals surface area contributed by atoms with Gasteiger partial charge in [-0.05, 0) is 25.8 Å². The van der Waals surface area contributed by atoms with E-state index in [2.05, 4.69) is 17.6 Å². The zero-order valence-electron chi connectivity index (χ0n) is 9.81. The fraction of sp³-hybridized carbons (Fsp3) is 0.462. The number of carbonyl (C=O) groups is 1. The first-order chi connectivity index (χ1) is 7.68. The van der Waals surface area contributed by atoms with Gasteiger partial charge in [-0.15, -0.1) is 0 Å². The molecular weight excluding hydrogens is 200 g/mol. The van der Waals surface area contributed by atoms with Crippen molar-refractivity contribution >= 4 is 5.91 Å². The van der Waals surface area contributed by atoms with Crippen molar-refractivity contribution < 1.29 is 4.79 Å². The Morgan fingerprint density at radius 2 is 2.00 bits per heavy atom. The van der Waals surface area contributed by atoms with E-state index in [4.69, 9.17) is 0 Å². The minimum atomic E-state index is 0.191. The Labute approximate surface area is 96.4 Å². The van der Waals surface area contributed by atoms with E-state index in [1.54, 1.807) is 5.01 Å². The summed E-state index contributed by atoms with van der Waals surface area (Å²) < 4.78 is 0. The van der Waals surface area contributed by atoms with Crippen LogP contribution in [-0.2, 0) is 4.79 Å². The number of nitrogens with one attached hydrogen (secondary N) is 1. The van der Waals surface area contributed by atoms with Crippen molar-refractivity contribution in [2.24, 2.45) is 0 Å². The number of hydrazine groups is 1. The van der Waals surface area contributed by atoms with Gasteiger partial charge in [-0.3, -0.25) is 9.80 Å². The smallest absolute Gasteiger partial charge is 0.237 e. The van der Waals surface area contributed by atoms with Gasteiger partial charge in [-0.1, -0.05) is 30.3 Å². The Balaban J connectivity index is 2.18. The molecule has 86 valence electrons. The molecule has 2 rings (SSSR count). The molecule has 1 amide bonds. The van der Waals surface area contributed by atoms with E-state index in [9.17, 15) is 4.79 Å². The number of nitrogens with zero attached hydrogens (tertiary/aromatic N) is 1. The van der Waals surface area contributed by atoms with Crippen LogP contribution in [0.5, 0.6) is 0 Å². The molecule has 16 heavy (non-hydrogen) atoms. The second-order valence-corrected chi connectivity index (χ2v) is 4.51. The Morgan fingerprint density at radius 1 is 1.31 bits per heavy atom. The van der Waals surface area contributed by atoms with Gasteiger partial charge in [0.05, 0.1) is 6.04 Å². The molecule has 0 spiro atoms. The summed E-state index contributed by atoms with van der Waals surface area (Å²) in [5.41, 5.74) is 4.43. The summed E-state index contributed by atoms with van der Waals surface area (Å²) in [7, 11) is 0. The summed E-state index contributed by atoms with van der Waals surface area (Å²) in [4.78, 5) is 11.8. The maximum atomic E-state index is 11.8. The number of hydrogen-bond donors (Lipinski definition) is 1. The standard InChI is InChI=1S/C13H18N2O/c1-10(2)14-15-12(8-9-13(15)16)11-6-4-3-5-7-11/h3-7,10,12,14H,8-9H2,1-2H3. The molecule has 3 heteroatoms. The van der Waals surface area contributed by atoms with Crippen LogP contribution >= 0.6 is 0 Å². The van der Waals surface area contributed by atoms with Crippen LogP contribution in [0.3, 0.4) is 0 Å². The summed E-state index contributed by atoms with van der Waals surface area (Å²) in [5, 5.41) is 1.79. The Morgan fingerprint density at radius 3 is 2.62 bits per heavy atom. The predicted molar refractivity (Wildman–Crippen MR) is 63.5 cm³/mol. The van der Waals surface area contributed by atoms with Crippen LogP contribution < -0.4 is 5.43 Å². The van der Waals surface area contributed by atoms with E-state index < -0.39 is 0 Å². The third kappa shape index (κ3) is 2.25. The van der Waals surface area contributed by atoms with Crippen molar-refractivity contribution in [3.63, 3.8) is 0 Å². The molecule has 1 unspecified atom stereocenters. The van der Waals surface area contributed by atoms with Crippen molar-refractivity contribution in [3.05, 3.63) is 35.9 Å². The molecule has 0 saturated carbocycles. The van der Waals surface area contributed by atoms with E-state index in [1.807, 2.05) is 32.0 Å². The second kappa shape index (κ2) is 4.66. The average molecular weight is 218 g/mol. The van der Waals surface area contributed by atoms with Gasteiger partial charge in [0, 0.05) is 12.5 Å². The molecule has 1 saturated heterocycles. The highest BCUT2D eigenvalue weighted by molar-refractivity contribution is 5.78. The summed E-state index contributed by atoms with van der Waals surface area (Å²) in [6.07, 6.45) is 1.54. The molecule has 1 fully saturated rings. The van der Waals surface area contributed by atoms with Crippen LogP contribution in [0.2, 0.25) is 0 Å². The second-order valence-electron chi connectivity index (χ2n) is 4.51.